The fourth-order valence-electron chi connectivity index (χ4n) is 2.86. The van der Waals surface area contributed by atoms with Gasteiger partial charge in [0.05, 0.1) is 6.61 Å². The summed E-state index contributed by atoms with van der Waals surface area (Å²) in [7, 11) is 0. The summed E-state index contributed by atoms with van der Waals surface area (Å²) in [6.45, 7) is 4.51. The molecule has 1 aromatic heterocycles. The number of rotatable bonds is 9. The van der Waals surface area contributed by atoms with Gasteiger partial charge in [-0.15, -0.1) is 0 Å². The Morgan fingerprint density at radius 1 is 0.963 bits per heavy atom. The van der Waals surface area contributed by atoms with Crippen LogP contribution >= 0.6 is 0 Å². The van der Waals surface area contributed by atoms with E-state index in [1.165, 1.54) is 19.3 Å². The third kappa shape index (κ3) is 5.07. The number of nitrogens with zero attached hydrogens (tertiary/aromatic N) is 1. The van der Waals surface area contributed by atoms with Crippen LogP contribution in [-0.4, -0.2) is 17.5 Å². The smallest absolute Gasteiger partial charge is 0.167 e. The van der Waals surface area contributed by atoms with Crippen LogP contribution in [-0.2, 0) is 0 Å². The summed E-state index contributed by atoms with van der Waals surface area (Å²) in [5, 5.41) is 4.15. The van der Waals surface area contributed by atoms with Gasteiger partial charge in [0.2, 0.25) is 0 Å². The van der Waals surface area contributed by atoms with Crippen LogP contribution < -0.4 is 4.74 Å². The Balaban J connectivity index is 1.63. The molecule has 0 aliphatic heterocycles. The third-order valence-corrected chi connectivity index (χ3v) is 4.50. The molecule has 0 bridgehead atoms. The average molecular weight is 363 g/mol. The average Bonchev–Trinajstić information content (AvgIpc) is 3.18. The molecule has 4 heteroatoms. The molecule has 27 heavy (non-hydrogen) atoms. The molecular weight excluding hydrogens is 338 g/mol. The number of carbonyl (C=O) groups excluding carboxylic acids is 1. The second-order valence-electron chi connectivity index (χ2n) is 6.64. The highest BCUT2D eigenvalue weighted by molar-refractivity contribution is 5.94. The van der Waals surface area contributed by atoms with Crippen LogP contribution in [0, 0.1) is 0 Å². The Kier molecular flexibility index (Phi) is 6.42. The van der Waals surface area contributed by atoms with Crippen molar-refractivity contribution >= 4 is 5.78 Å². The molecule has 0 N–H and O–H groups in total. The Bertz CT molecular complexity index is 863. The molecule has 1 heterocycles. The molecule has 0 aliphatic carbocycles. The van der Waals surface area contributed by atoms with Gasteiger partial charge in [-0.25, -0.2) is 0 Å². The largest absolute Gasteiger partial charge is 0.494 e. The topological polar surface area (TPSA) is 52.3 Å². The number of hydrogen-bond acceptors (Lipinski definition) is 4. The first-order chi connectivity index (χ1) is 13.2. The maximum absolute atomic E-state index is 11.4. The number of aromatic nitrogens is 1. The number of carbonyl (C=O) groups is 1. The molecule has 0 fully saturated rings. The number of ether oxygens (including phenoxy) is 1. The van der Waals surface area contributed by atoms with E-state index in [1.54, 1.807) is 19.1 Å². The van der Waals surface area contributed by atoms with Crippen molar-refractivity contribution in [2.24, 2.45) is 0 Å². The van der Waals surface area contributed by atoms with Crippen molar-refractivity contribution in [1.29, 1.82) is 0 Å². The molecule has 3 rings (SSSR count). The lowest BCUT2D eigenvalue weighted by molar-refractivity contribution is 0.101. The molecule has 4 nitrogen and oxygen atoms in total. The van der Waals surface area contributed by atoms with Gasteiger partial charge in [0.15, 0.2) is 11.5 Å². The van der Waals surface area contributed by atoms with Gasteiger partial charge in [0.1, 0.15) is 11.4 Å². The molecule has 0 unspecified atom stereocenters. The zero-order chi connectivity index (χ0) is 19.1. The van der Waals surface area contributed by atoms with E-state index in [2.05, 4.69) is 12.1 Å². The van der Waals surface area contributed by atoms with Crippen molar-refractivity contribution in [3.8, 4) is 28.3 Å². The maximum Gasteiger partial charge on any atom is 0.167 e. The molecule has 0 atom stereocenters. The van der Waals surface area contributed by atoms with Gasteiger partial charge in [-0.05, 0) is 37.6 Å². The van der Waals surface area contributed by atoms with Gasteiger partial charge in [0, 0.05) is 22.8 Å². The summed E-state index contributed by atoms with van der Waals surface area (Å²) in [5.41, 5.74) is 3.30. The fraction of sp³-hybridized carbons (Fsp3) is 0.304. The Labute approximate surface area is 160 Å². The summed E-state index contributed by atoms with van der Waals surface area (Å²) in [6, 6.07) is 17.1. The van der Waals surface area contributed by atoms with Crippen LogP contribution in [0.3, 0.4) is 0 Å². The van der Waals surface area contributed by atoms with E-state index in [0.29, 0.717) is 11.3 Å². The number of Topliss-reactive ketones (excluding diaryl/α,β-unsaturated/α-hetero) is 1. The lowest BCUT2D eigenvalue weighted by Crippen LogP contribution is -1.96. The fourth-order valence-corrected chi connectivity index (χ4v) is 2.86. The Morgan fingerprint density at radius 2 is 1.67 bits per heavy atom. The van der Waals surface area contributed by atoms with Gasteiger partial charge in [0.25, 0.3) is 0 Å². The molecule has 140 valence electrons. The predicted molar refractivity (Wildman–Crippen MR) is 107 cm³/mol. The maximum atomic E-state index is 11.4. The van der Waals surface area contributed by atoms with Crippen LogP contribution in [0.25, 0.3) is 22.6 Å². The van der Waals surface area contributed by atoms with Gasteiger partial charge in [-0.2, -0.15) is 0 Å². The number of ketones is 1. The minimum absolute atomic E-state index is 0.0510. The van der Waals surface area contributed by atoms with Crippen molar-refractivity contribution < 1.29 is 14.1 Å². The highest BCUT2D eigenvalue weighted by Crippen LogP contribution is 2.27. The first-order valence-electron chi connectivity index (χ1n) is 9.48. The SMILES string of the molecule is CCCCCCOc1ccc(-c2cc(-c3ccc(C(C)=O)cc3)no2)cc1. The molecule has 0 amide bonds. The summed E-state index contributed by atoms with van der Waals surface area (Å²) < 4.78 is 11.3. The van der Waals surface area contributed by atoms with Crippen LogP contribution in [0.15, 0.2) is 59.1 Å². The first kappa shape index (κ1) is 18.9. The zero-order valence-electron chi connectivity index (χ0n) is 15.9. The third-order valence-electron chi connectivity index (χ3n) is 4.50. The quantitative estimate of drug-likeness (QED) is 0.337. The van der Waals surface area contributed by atoms with Crippen molar-refractivity contribution in [2.45, 2.75) is 39.5 Å². The molecule has 0 spiro atoms. The van der Waals surface area contributed by atoms with E-state index < -0.39 is 0 Å². The normalized spacial score (nSPS) is 10.7. The van der Waals surface area contributed by atoms with E-state index in [4.69, 9.17) is 9.26 Å². The molecule has 0 saturated heterocycles. The van der Waals surface area contributed by atoms with Crippen molar-refractivity contribution in [1.82, 2.24) is 5.16 Å². The highest BCUT2D eigenvalue weighted by Gasteiger charge is 2.09. The van der Waals surface area contributed by atoms with Crippen LogP contribution in [0.5, 0.6) is 5.75 Å². The molecule has 0 radical (unpaired) electrons. The van der Waals surface area contributed by atoms with E-state index in [9.17, 15) is 4.79 Å². The Hall–Kier alpha value is -2.88. The standard InChI is InChI=1S/C23H25NO3/c1-3-4-5-6-15-26-21-13-11-20(12-14-21)23-16-22(24-27-23)19-9-7-18(8-10-19)17(2)25/h7-14,16H,3-6,15H2,1-2H3. The van der Waals surface area contributed by atoms with Gasteiger partial charge >= 0.3 is 0 Å². The molecule has 2 aromatic carbocycles. The lowest BCUT2D eigenvalue weighted by atomic mass is 10.1. The monoisotopic (exact) mass is 363 g/mol. The second kappa shape index (κ2) is 9.17. The van der Waals surface area contributed by atoms with Crippen molar-refractivity contribution in [3.05, 3.63) is 60.2 Å². The summed E-state index contributed by atoms with van der Waals surface area (Å²) in [6.07, 6.45) is 4.79. The van der Waals surface area contributed by atoms with Crippen LogP contribution in [0.4, 0.5) is 0 Å². The first-order valence-corrected chi connectivity index (χ1v) is 9.48. The number of unbranched alkanes of at least 4 members (excludes halogenated alkanes) is 3. The second-order valence-corrected chi connectivity index (χ2v) is 6.64. The van der Waals surface area contributed by atoms with E-state index in [1.807, 2.05) is 42.5 Å². The Morgan fingerprint density at radius 3 is 2.33 bits per heavy atom. The molecule has 3 aromatic rings. The lowest BCUT2D eigenvalue weighted by Gasteiger charge is -2.06. The zero-order valence-corrected chi connectivity index (χ0v) is 15.9. The van der Waals surface area contributed by atoms with Gasteiger partial charge in [-0.3, -0.25) is 4.79 Å². The summed E-state index contributed by atoms with van der Waals surface area (Å²) in [5.74, 6) is 1.63. The van der Waals surface area contributed by atoms with Crippen molar-refractivity contribution in [3.63, 3.8) is 0 Å². The minimum Gasteiger partial charge on any atom is -0.494 e. The van der Waals surface area contributed by atoms with Gasteiger partial charge < -0.3 is 9.26 Å². The summed E-state index contributed by atoms with van der Waals surface area (Å²) in [4.78, 5) is 11.4. The van der Waals surface area contributed by atoms with E-state index in [-0.39, 0.29) is 5.78 Å². The van der Waals surface area contributed by atoms with Crippen molar-refractivity contribution in [2.75, 3.05) is 6.61 Å². The van der Waals surface area contributed by atoms with Crippen LogP contribution in [0.2, 0.25) is 0 Å². The van der Waals surface area contributed by atoms with E-state index >= 15 is 0 Å². The number of hydrogen-bond donors (Lipinski definition) is 0. The highest BCUT2D eigenvalue weighted by atomic mass is 16.5. The molecule has 0 saturated carbocycles. The van der Waals surface area contributed by atoms with E-state index in [0.717, 1.165) is 35.6 Å². The molecular formula is C23H25NO3. The minimum atomic E-state index is 0.0510. The van der Waals surface area contributed by atoms with Crippen LogP contribution in [0.1, 0.15) is 49.9 Å². The predicted octanol–water partition coefficient (Wildman–Crippen LogP) is 6.17. The number of benzene rings is 2. The summed E-state index contributed by atoms with van der Waals surface area (Å²) >= 11 is 0. The molecule has 0 aliphatic rings. The van der Waals surface area contributed by atoms with Gasteiger partial charge in [-0.1, -0.05) is 55.6 Å².